The molecule has 1 aromatic carbocycles. The van der Waals surface area contributed by atoms with Crippen LogP contribution in [-0.4, -0.2) is 37.9 Å². The van der Waals surface area contributed by atoms with E-state index in [1.165, 1.54) is 10.7 Å². The third-order valence-corrected chi connectivity index (χ3v) is 4.62. The van der Waals surface area contributed by atoms with Crippen LogP contribution in [0, 0.1) is 16.5 Å². The normalized spacial score (nSPS) is 10.9. The van der Waals surface area contributed by atoms with Gasteiger partial charge in [-0.25, -0.2) is 33.2 Å². The summed E-state index contributed by atoms with van der Waals surface area (Å²) in [5.41, 5.74) is 12.0. The van der Waals surface area contributed by atoms with E-state index in [2.05, 4.69) is 30.1 Å². The summed E-state index contributed by atoms with van der Waals surface area (Å²) in [6.07, 6.45) is -0.173. The van der Waals surface area contributed by atoms with Gasteiger partial charge in [0.25, 0.3) is 0 Å². The molecule has 0 aliphatic carbocycles. The largest absolute Gasteiger partial charge is 0.451 e. The molecule has 1 amide bonds. The van der Waals surface area contributed by atoms with Gasteiger partial charge in [-0.2, -0.15) is 5.10 Å². The fraction of sp³-hybridized carbons (Fsp3) is 0.105. The summed E-state index contributed by atoms with van der Waals surface area (Å²) in [4.78, 5) is 35.0. The molecule has 0 unspecified atom stereocenters. The van der Waals surface area contributed by atoms with Gasteiger partial charge in [0, 0.05) is 5.56 Å². The summed E-state index contributed by atoms with van der Waals surface area (Å²) < 4.78 is 33.9. The Bertz CT molecular complexity index is 1370. The van der Waals surface area contributed by atoms with Crippen LogP contribution >= 0.6 is 0 Å². The molecule has 14 heteroatoms. The molecule has 168 valence electrons. The number of benzene rings is 1. The highest BCUT2D eigenvalue weighted by Gasteiger charge is 2.27. The minimum atomic E-state index is -1.16. The van der Waals surface area contributed by atoms with Gasteiger partial charge in [-0.15, -0.1) is 9.92 Å². The average molecular weight is 455 g/mol. The van der Waals surface area contributed by atoms with Gasteiger partial charge >= 0.3 is 6.09 Å². The molecule has 0 saturated carbocycles. The number of nitrogens with two attached hydrogens (primary N) is 2. The summed E-state index contributed by atoms with van der Waals surface area (Å²) in [5, 5.41) is 7.35. The van der Waals surface area contributed by atoms with Gasteiger partial charge in [-0.1, -0.05) is 18.2 Å². The van der Waals surface area contributed by atoms with Crippen LogP contribution in [0.15, 0.2) is 41.8 Å². The average Bonchev–Trinajstić information content (AvgIpc) is 3.14. The van der Waals surface area contributed by atoms with Gasteiger partial charge in [0.1, 0.15) is 17.3 Å². The maximum absolute atomic E-state index is 14.2. The van der Waals surface area contributed by atoms with E-state index in [-0.39, 0.29) is 51.4 Å². The zero-order valence-electron chi connectivity index (χ0n) is 16.9. The minimum Gasteiger partial charge on any atom is -0.451 e. The highest BCUT2D eigenvalue weighted by Crippen LogP contribution is 2.33. The highest BCUT2D eigenvalue weighted by molar-refractivity contribution is 5.95. The maximum atomic E-state index is 14.2. The van der Waals surface area contributed by atoms with E-state index in [0.29, 0.717) is 5.56 Å². The van der Waals surface area contributed by atoms with Crippen molar-refractivity contribution in [3.05, 3.63) is 58.6 Å². The van der Waals surface area contributed by atoms with Crippen molar-refractivity contribution in [1.82, 2.24) is 24.7 Å². The number of carbonyl (C=O) groups is 1. The molecule has 12 nitrogen and oxygen atoms in total. The summed E-state index contributed by atoms with van der Waals surface area (Å²) in [7, 11) is 1.03. The Labute approximate surface area is 183 Å². The monoisotopic (exact) mass is 455 g/mol. The summed E-state index contributed by atoms with van der Waals surface area (Å²) in [5.74, 6) is -2.03. The second-order valence-electron chi connectivity index (χ2n) is 6.65. The molecule has 4 rings (SSSR count). The van der Waals surface area contributed by atoms with E-state index < -0.39 is 17.7 Å². The molecule has 0 aliphatic rings. The number of fused-ring (bicyclic) bond motifs is 1. The fourth-order valence-corrected chi connectivity index (χ4v) is 3.16. The van der Waals surface area contributed by atoms with Gasteiger partial charge in [0.2, 0.25) is 0 Å². The number of halogens is 2. The van der Waals surface area contributed by atoms with Crippen molar-refractivity contribution in [2.45, 2.75) is 6.54 Å². The van der Waals surface area contributed by atoms with E-state index >= 15 is 0 Å². The first-order valence-electron chi connectivity index (χ1n) is 9.24. The maximum Gasteiger partial charge on any atom is 0.437 e. The van der Waals surface area contributed by atoms with Crippen molar-refractivity contribution in [2.75, 3.05) is 23.6 Å². The molecule has 0 spiro atoms. The SMILES string of the molecule is COC(=O)N(N=O)c1c(N)nc(-c2nn(Cc3ccccc3F)c3ncc(F)cc23)nc1N. The van der Waals surface area contributed by atoms with Crippen molar-refractivity contribution in [1.29, 1.82) is 0 Å². The lowest BCUT2D eigenvalue weighted by Gasteiger charge is -2.15. The number of nitrogens with zero attached hydrogens (tertiary/aromatic N) is 7. The number of methoxy groups -OCH3 is 1. The van der Waals surface area contributed by atoms with Gasteiger partial charge in [0.05, 0.1) is 30.5 Å². The highest BCUT2D eigenvalue weighted by atomic mass is 19.1. The quantitative estimate of drug-likeness (QED) is 0.339. The van der Waals surface area contributed by atoms with Crippen LogP contribution < -0.4 is 16.5 Å². The molecule has 0 fully saturated rings. The van der Waals surface area contributed by atoms with E-state index in [4.69, 9.17) is 11.5 Å². The van der Waals surface area contributed by atoms with Crippen molar-refractivity contribution in [2.24, 2.45) is 5.29 Å². The number of nitrogen functional groups attached to an aromatic ring is 2. The van der Waals surface area contributed by atoms with Crippen LogP contribution in [0.2, 0.25) is 0 Å². The lowest BCUT2D eigenvalue weighted by molar-refractivity contribution is 0.179. The third kappa shape index (κ3) is 3.84. The molecule has 0 bridgehead atoms. The molecule has 0 aliphatic heterocycles. The van der Waals surface area contributed by atoms with Gasteiger partial charge in [-0.3, -0.25) is 0 Å². The Balaban J connectivity index is 1.86. The second kappa shape index (κ2) is 8.41. The molecule has 33 heavy (non-hydrogen) atoms. The summed E-state index contributed by atoms with van der Waals surface area (Å²) in [6, 6.07) is 7.23. The van der Waals surface area contributed by atoms with Crippen molar-refractivity contribution in [3.63, 3.8) is 0 Å². The van der Waals surface area contributed by atoms with E-state index in [0.717, 1.165) is 19.4 Å². The predicted molar refractivity (Wildman–Crippen MR) is 114 cm³/mol. The first-order valence-corrected chi connectivity index (χ1v) is 9.24. The molecular formula is C19H15F2N9O3. The first-order chi connectivity index (χ1) is 15.8. The topological polar surface area (TPSA) is 167 Å². The fourth-order valence-electron chi connectivity index (χ4n) is 3.16. The van der Waals surface area contributed by atoms with E-state index in [9.17, 15) is 18.5 Å². The number of hydrogen-bond donors (Lipinski definition) is 2. The van der Waals surface area contributed by atoms with Crippen LogP contribution in [0.4, 0.5) is 30.9 Å². The summed E-state index contributed by atoms with van der Waals surface area (Å²) in [6.45, 7) is -0.0178. The summed E-state index contributed by atoms with van der Waals surface area (Å²) >= 11 is 0. The number of ether oxygens (including phenoxy) is 1. The standard InChI is InChI=1S/C19H15F2N9O3/c1-33-19(31)30(28-32)14-15(22)25-17(26-16(14)23)13-11-6-10(20)7-24-18(11)29(27-13)8-9-4-2-3-5-12(9)21/h2-7H,8H2,1H3,(H4,22,23,25,26). The zero-order valence-corrected chi connectivity index (χ0v) is 16.9. The lowest BCUT2D eigenvalue weighted by Crippen LogP contribution is -2.27. The zero-order chi connectivity index (χ0) is 23.7. The van der Waals surface area contributed by atoms with Crippen molar-refractivity contribution < 1.29 is 18.3 Å². The predicted octanol–water partition coefficient (Wildman–Crippen LogP) is 2.63. The number of carbonyl (C=O) groups excluding carboxylic acids is 1. The minimum absolute atomic E-state index is 0.0178. The van der Waals surface area contributed by atoms with E-state index in [1.807, 2.05) is 0 Å². The third-order valence-electron chi connectivity index (χ3n) is 4.62. The molecular weight excluding hydrogens is 440 g/mol. The number of aromatic nitrogens is 5. The van der Waals surface area contributed by atoms with Crippen molar-refractivity contribution in [3.8, 4) is 11.5 Å². The Morgan fingerprint density at radius 2 is 1.91 bits per heavy atom. The smallest absolute Gasteiger partial charge is 0.437 e. The van der Waals surface area contributed by atoms with Crippen LogP contribution in [0.25, 0.3) is 22.6 Å². The van der Waals surface area contributed by atoms with Crippen LogP contribution in [0.5, 0.6) is 0 Å². The Morgan fingerprint density at radius 3 is 2.55 bits per heavy atom. The first kappa shape index (κ1) is 21.5. The number of nitroso groups, excluding NO2 is 1. The molecule has 3 heterocycles. The van der Waals surface area contributed by atoms with Crippen LogP contribution in [0.3, 0.4) is 0 Å². The number of anilines is 3. The molecule has 4 aromatic rings. The molecule has 4 N–H and O–H groups in total. The molecule has 0 atom stereocenters. The van der Waals surface area contributed by atoms with E-state index in [1.54, 1.807) is 18.2 Å². The molecule has 0 radical (unpaired) electrons. The number of amides is 1. The Hall–Kier alpha value is -4.75. The Morgan fingerprint density at radius 1 is 1.21 bits per heavy atom. The lowest BCUT2D eigenvalue weighted by atomic mass is 10.2. The van der Waals surface area contributed by atoms with Gasteiger partial charge < -0.3 is 16.2 Å². The molecule has 0 saturated heterocycles. The van der Waals surface area contributed by atoms with Crippen LogP contribution in [-0.2, 0) is 11.3 Å². The Kier molecular flexibility index (Phi) is 5.47. The number of rotatable bonds is 5. The molecule has 3 aromatic heterocycles. The van der Waals surface area contributed by atoms with Crippen molar-refractivity contribution >= 4 is 34.4 Å². The van der Waals surface area contributed by atoms with Gasteiger partial charge in [0.15, 0.2) is 28.8 Å². The second-order valence-corrected chi connectivity index (χ2v) is 6.65. The number of pyridine rings is 1. The van der Waals surface area contributed by atoms with Gasteiger partial charge in [-0.05, 0) is 12.1 Å². The number of hydrogen-bond acceptors (Lipinski definition) is 10. The van der Waals surface area contributed by atoms with Crippen LogP contribution in [0.1, 0.15) is 5.56 Å².